The van der Waals surface area contributed by atoms with Crippen LogP contribution >= 0.6 is 0 Å². The van der Waals surface area contributed by atoms with Crippen LogP contribution in [0.1, 0.15) is 49.7 Å². The Hall–Kier alpha value is -2.00. The Balaban J connectivity index is 2.10. The third-order valence-electron chi connectivity index (χ3n) is 3.64. The van der Waals surface area contributed by atoms with E-state index < -0.39 is 0 Å². The maximum absolute atomic E-state index is 11.2. The molecule has 1 aromatic carbocycles. The highest BCUT2D eigenvalue weighted by molar-refractivity contribution is 5.72. The predicted molar refractivity (Wildman–Crippen MR) is 87.6 cm³/mol. The number of carbonyl (C=O) groups is 1. The highest BCUT2D eigenvalue weighted by Gasteiger charge is 2.02. The first kappa shape index (κ1) is 18.1. The first-order valence-electron chi connectivity index (χ1n) is 7.91. The molecule has 5 nitrogen and oxygen atoms in total. The van der Waals surface area contributed by atoms with Gasteiger partial charge in [0, 0.05) is 11.5 Å². The average Bonchev–Trinajstić information content (AvgIpc) is 2.54. The van der Waals surface area contributed by atoms with Gasteiger partial charge in [-0.15, -0.1) is 0 Å². The summed E-state index contributed by atoms with van der Waals surface area (Å²) in [4.78, 5) is 13.9. The zero-order valence-corrected chi connectivity index (χ0v) is 13.3. The summed E-state index contributed by atoms with van der Waals surface area (Å²) in [5, 5.41) is 3.53. The van der Waals surface area contributed by atoms with Gasteiger partial charge in [-0.1, -0.05) is 55.1 Å². The van der Waals surface area contributed by atoms with Gasteiger partial charge >= 0.3 is 5.97 Å². The van der Waals surface area contributed by atoms with E-state index in [1.165, 1.54) is 38.4 Å². The third-order valence-corrected chi connectivity index (χ3v) is 3.64. The number of benzene rings is 1. The minimum absolute atomic E-state index is 0.201. The van der Waals surface area contributed by atoms with Gasteiger partial charge in [0.25, 0.3) is 0 Å². The Bertz CT molecular complexity index is 479. The molecular formula is C17H25N3O2. The highest BCUT2D eigenvalue weighted by Crippen LogP contribution is 2.11. The smallest absolute Gasteiger partial charge is 0.309 e. The maximum atomic E-state index is 11.2. The number of esters is 1. The van der Waals surface area contributed by atoms with E-state index in [1.54, 1.807) is 0 Å². The Morgan fingerprint density at radius 2 is 1.64 bits per heavy atom. The summed E-state index contributed by atoms with van der Waals surface area (Å²) in [5.41, 5.74) is 10.5. The molecule has 0 bridgehead atoms. The van der Waals surface area contributed by atoms with Crippen molar-refractivity contribution in [1.82, 2.24) is 0 Å². The Morgan fingerprint density at radius 1 is 1.05 bits per heavy atom. The predicted octanol–water partition coefficient (Wildman–Crippen LogP) is 4.60. The van der Waals surface area contributed by atoms with Gasteiger partial charge in [0.1, 0.15) is 0 Å². The van der Waals surface area contributed by atoms with E-state index in [2.05, 4.69) is 26.9 Å². The van der Waals surface area contributed by atoms with E-state index in [0.29, 0.717) is 13.0 Å². The van der Waals surface area contributed by atoms with Crippen LogP contribution in [0.3, 0.4) is 0 Å². The molecule has 0 atom stereocenters. The summed E-state index contributed by atoms with van der Waals surface area (Å²) in [6.07, 6.45) is 8.41. The van der Waals surface area contributed by atoms with Crippen molar-refractivity contribution in [2.45, 2.75) is 51.4 Å². The molecule has 0 heterocycles. The number of rotatable bonds is 11. The molecule has 0 aliphatic carbocycles. The van der Waals surface area contributed by atoms with Crippen LogP contribution in [0.15, 0.2) is 29.4 Å². The number of carbonyl (C=O) groups excluding carboxylic acids is 1. The molecule has 5 heteroatoms. The first-order valence-corrected chi connectivity index (χ1v) is 7.91. The van der Waals surface area contributed by atoms with Crippen LogP contribution in [0.5, 0.6) is 0 Å². The van der Waals surface area contributed by atoms with Gasteiger partial charge in [0.05, 0.1) is 13.5 Å². The molecular weight excluding hydrogens is 278 g/mol. The number of hydrogen-bond acceptors (Lipinski definition) is 3. The normalized spacial score (nSPS) is 10.0. The molecule has 120 valence electrons. The second-order valence-corrected chi connectivity index (χ2v) is 5.40. The monoisotopic (exact) mass is 303 g/mol. The van der Waals surface area contributed by atoms with Crippen molar-refractivity contribution in [1.29, 1.82) is 0 Å². The molecule has 1 rings (SSSR count). The van der Waals surface area contributed by atoms with Gasteiger partial charge in [-0.3, -0.25) is 4.79 Å². The Labute approximate surface area is 132 Å². The maximum Gasteiger partial charge on any atom is 0.309 e. The summed E-state index contributed by atoms with van der Waals surface area (Å²) < 4.78 is 4.66. The number of nitrogens with zero attached hydrogens (tertiary/aromatic N) is 3. The molecule has 0 N–H and O–H groups in total. The van der Waals surface area contributed by atoms with Gasteiger partial charge < -0.3 is 4.74 Å². The molecule has 1 aromatic rings. The van der Waals surface area contributed by atoms with E-state index in [-0.39, 0.29) is 5.97 Å². The molecule has 0 saturated carbocycles. The van der Waals surface area contributed by atoms with Crippen molar-refractivity contribution in [2.24, 2.45) is 5.11 Å². The number of unbranched alkanes of at least 4 members (excludes halogenated alkanes) is 5. The molecule has 0 spiro atoms. The summed E-state index contributed by atoms with van der Waals surface area (Å²) in [5.74, 6) is -0.201. The van der Waals surface area contributed by atoms with Crippen LogP contribution in [0.4, 0.5) is 0 Å². The van der Waals surface area contributed by atoms with Crippen molar-refractivity contribution in [3.63, 3.8) is 0 Å². The van der Waals surface area contributed by atoms with E-state index in [0.717, 1.165) is 24.8 Å². The second kappa shape index (κ2) is 11.6. The molecule has 0 fully saturated rings. The van der Waals surface area contributed by atoms with Crippen molar-refractivity contribution in [3.05, 3.63) is 45.8 Å². The third kappa shape index (κ3) is 8.32. The number of hydrogen-bond donors (Lipinski definition) is 0. The average molecular weight is 303 g/mol. The fourth-order valence-corrected chi connectivity index (χ4v) is 2.33. The van der Waals surface area contributed by atoms with Gasteiger partial charge in [0.2, 0.25) is 0 Å². The number of azide groups is 1. The van der Waals surface area contributed by atoms with E-state index >= 15 is 0 Å². The first-order chi connectivity index (χ1) is 10.8. The lowest BCUT2D eigenvalue weighted by molar-refractivity contribution is -0.139. The SMILES string of the molecule is COC(=O)Cc1ccc(CCCCCCCCN=[N+]=[N-])cc1. The number of aryl methyl sites for hydroxylation is 1. The second-order valence-electron chi connectivity index (χ2n) is 5.40. The van der Waals surface area contributed by atoms with Gasteiger partial charge in [0.15, 0.2) is 0 Å². The summed E-state index contributed by atoms with van der Waals surface area (Å²) in [6, 6.07) is 8.19. The standard InChI is InChI=1S/C17H25N3O2/c1-22-17(21)14-16-11-9-15(10-12-16)8-6-4-2-3-5-7-13-19-20-18/h9-12H,2-8,13-14H2,1H3. The molecule has 0 radical (unpaired) electrons. The van der Waals surface area contributed by atoms with Crippen molar-refractivity contribution in [2.75, 3.05) is 13.7 Å². The molecule has 0 unspecified atom stereocenters. The Morgan fingerprint density at radius 3 is 2.27 bits per heavy atom. The van der Waals surface area contributed by atoms with Crippen molar-refractivity contribution < 1.29 is 9.53 Å². The van der Waals surface area contributed by atoms with Crippen LogP contribution < -0.4 is 0 Å². The fourth-order valence-electron chi connectivity index (χ4n) is 2.33. The minimum Gasteiger partial charge on any atom is -0.469 e. The molecule has 0 aromatic heterocycles. The lowest BCUT2D eigenvalue weighted by Gasteiger charge is -2.04. The molecule has 0 aliphatic rings. The van der Waals surface area contributed by atoms with Gasteiger partial charge in [-0.2, -0.15) is 0 Å². The molecule has 0 aliphatic heterocycles. The summed E-state index contributed by atoms with van der Waals surface area (Å²) in [7, 11) is 1.41. The minimum atomic E-state index is -0.201. The molecule has 22 heavy (non-hydrogen) atoms. The lowest BCUT2D eigenvalue weighted by Crippen LogP contribution is -2.04. The number of ether oxygens (including phenoxy) is 1. The van der Waals surface area contributed by atoms with E-state index in [9.17, 15) is 4.79 Å². The van der Waals surface area contributed by atoms with Gasteiger partial charge in [-0.05, 0) is 35.9 Å². The van der Waals surface area contributed by atoms with Crippen LogP contribution in [-0.2, 0) is 22.4 Å². The van der Waals surface area contributed by atoms with Crippen molar-refractivity contribution in [3.8, 4) is 0 Å². The van der Waals surface area contributed by atoms with Crippen LogP contribution in [0.2, 0.25) is 0 Å². The molecule has 0 amide bonds. The zero-order chi connectivity index (χ0) is 16.0. The Kier molecular flexibility index (Phi) is 9.55. The highest BCUT2D eigenvalue weighted by atomic mass is 16.5. The summed E-state index contributed by atoms with van der Waals surface area (Å²) in [6.45, 7) is 0.619. The van der Waals surface area contributed by atoms with Gasteiger partial charge in [-0.25, -0.2) is 0 Å². The molecule has 0 saturated heterocycles. The largest absolute Gasteiger partial charge is 0.469 e. The fraction of sp³-hybridized carbons (Fsp3) is 0.588. The zero-order valence-electron chi connectivity index (χ0n) is 13.3. The quantitative estimate of drug-likeness (QED) is 0.197. The van der Waals surface area contributed by atoms with Crippen molar-refractivity contribution >= 4 is 5.97 Å². The lowest BCUT2D eigenvalue weighted by atomic mass is 10.0. The summed E-state index contributed by atoms with van der Waals surface area (Å²) >= 11 is 0. The van der Waals surface area contributed by atoms with Crippen LogP contribution in [-0.4, -0.2) is 19.6 Å². The van der Waals surface area contributed by atoms with Crippen LogP contribution in [0, 0.1) is 0 Å². The number of methoxy groups -OCH3 is 1. The van der Waals surface area contributed by atoms with E-state index in [1.807, 2.05) is 12.1 Å². The van der Waals surface area contributed by atoms with E-state index in [4.69, 9.17) is 5.53 Å². The topological polar surface area (TPSA) is 75.1 Å². The van der Waals surface area contributed by atoms with Crippen LogP contribution in [0.25, 0.3) is 10.4 Å².